The first-order valence-corrected chi connectivity index (χ1v) is 6.89. The van der Waals surface area contributed by atoms with Crippen LogP contribution in [0.5, 0.6) is 0 Å². The van der Waals surface area contributed by atoms with Crippen molar-refractivity contribution >= 4 is 23.2 Å². The van der Waals surface area contributed by atoms with Crippen LogP contribution in [0.3, 0.4) is 0 Å². The van der Waals surface area contributed by atoms with Crippen LogP contribution in [-0.4, -0.2) is 34.3 Å². The van der Waals surface area contributed by atoms with Gasteiger partial charge in [-0.15, -0.1) is 11.3 Å². The van der Waals surface area contributed by atoms with E-state index in [-0.39, 0.29) is 24.4 Å². The van der Waals surface area contributed by atoms with Crippen LogP contribution in [0.25, 0.3) is 0 Å². The summed E-state index contributed by atoms with van der Waals surface area (Å²) in [4.78, 5) is 30.4. The molecular formula is C12H17N3O2S. The van der Waals surface area contributed by atoms with Gasteiger partial charge in [-0.2, -0.15) is 0 Å². The van der Waals surface area contributed by atoms with E-state index < -0.39 is 0 Å². The lowest BCUT2D eigenvalue weighted by Crippen LogP contribution is -2.57. The van der Waals surface area contributed by atoms with Crippen LogP contribution in [0.15, 0.2) is 11.7 Å². The highest BCUT2D eigenvalue weighted by Gasteiger charge is 2.32. The number of aromatic nitrogens is 1. The van der Waals surface area contributed by atoms with Crippen LogP contribution >= 0.6 is 11.3 Å². The normalized spacial score (nSPS) is 20.4. The Morgan fingerprint density at radius 2 is 2.33 bits per heavy atom. The molecule has 2 rings (SSSR count). The molecular weight excluding hydrogens is 250 g/mol. The molecule has 1 saturated heterocycles. The van der Waals surface area contributed by atoms with Crippen molar-refractivity contribution in [1.82, 2.24) is 15.2 Å². The van der Waals surface area contributed by atoms with Crippen molar-refractivity contribution in [2.45, 2.75) is 32.9 Å². The molecule has 0 saturated carbocycles. The number of amides is 2. The Balaban J connectivity index is 2.05. The monoisotopic (exact) mass is 267 g/mol. The van der Waals surface area contributed by atoms with Crippen LogP contribution in [0.2, 0.25) is 0 Å². The lowest BCUT2D eigenvalue weighted by Gasteiger charge is -2.32. The van der Waals surface area contributed by atoms with E-state index in [1.54, 1.807) is 16.6 Å². The summed E-state index contributed by atoms with van der Waals surface area (Å²) in [5, 5.41) is 2.76. The fourth-order valence-corrected chi connectivity index (χ4v) is 2.66. The third-order valence-electron chi connectivity index (χ3n) is 2.82. The van der Waals surface area contributed by atoms with Crippen molar-refractivity contribution in [2.24, 2.45) is 5.92 Å². The number of rotatable bonds is 4. The highest BCUT2D eigenvalue weighted by Crippen LogP contribution is 2.16. The second kappa shape index (κ2) is 5.48. The number of thiazole rings is 1. The number of carbonyl (C=O) groups is 2. The standard InChI is InChI=1S/C12H17N3O2S/c1-8(2)3-10-12(17)15(6-11(16)14-10)5-9-4-13-7-18-9/h4,7-8,10H,3,5-6H2,1-2H3,(H,14,16). The average molecular weight is 267 g/mol. The van der Waals surface area contributed by atoms with E-state index in [9.17, 15) is 9.59 Å². The molecule has 0 aromatic carbocycles. The summed E-state index contributed by atoms with van der Waals surface area (Å²) in [6.07, 6.45) is 2.42. The van der Waals surface area contributed by atoms with Gasteiger partial charge in [0.05, 0.1) is 18.6 Å². The minimum Gasteiger partial charge on any atom is -0.343 e. The summed E-state index contributed by atoms with van der Waals surface area (Å²) in [5.74, 6) is 0.309. The Bertz CT molecular complexity index is 431. The molecule has 0 aliphatic carbocycles. The zero-order valence-electron chi connectivity index (χ0n) is 10.5. The van der Waals surface area contributed by atoms with Crippen LogP contribution in [-0.2, 0) is 16.1 Å². The molecule has 98 valence electrons. The van der Waals surface area contributed by atoms with Crippen molar-refractivity contribution in [2.75, 3.05) is 6.54 Å². The van der Waals surface area contributed by atoms with Gasteiger partial charge in [-0.1, -0.05) is 13.8 Å². The predicted octanol–water partition coefficient (Wildman–Crippen LogP) is 1.02. The minimum absolute atomic E-state index is 0.0108. The van der Waals surface area contributed by atoms with Gasteiger partial charge < -0.3 is 10.2 Å². The summed E-state index contributed by atoms with van der Waals surface area (Å²) in [6, 6.07) is -0.376. The number of hydrogen-bond acceptors (Lipinski definition) is 4. The molecule has 0 radical (unpaired) electrons. The second-order valence-electron chi connectivity index (χ2n) is 4.91. The van der Waals surface area contributed by atoms with Crippen LogP contribution in [0, 0.1) is 5.92 Å². The molecule has 5 nitrogen and oxygen atoms in total. The van der Waals surface area contributed by atoms with E-state index in [0.29, 0.717) is 18.9 Å². The lowest BCUT2D eigenvalue weighted by atomic mass is 10.0. The van der Waals surface area contributed by atoms with Crippen LogP contribution < -0.4 is 5.32 Å². The van der Waals surface area contributed by atoms with Crippen molar-refractivity contribution in [3.63, 3.8) is 0 Å². The summed E-state index contributed by atoms with van der Waals surface area (Å²) >= 11 is 1.50. The first-order chi connectivity index (χ1) is 8.56. The first kappa shape index (κ1) is 13.0. The van der Waals surface area contributed by atoms with Gasteiger partial charge in [0.2, 0.25) is 11.8 Å². The van der Waals surface area contributed by atoms with Crippen molar-refractivity contribution < 1.29 is 9.59 Å². The van der Waals surface area contributed by atoms with Crippen LogP contribution in [0.1, 0.15) is 25.1 Å². The van der Waals surface area contributed by atoms with Gasteiger partial charge in [0.1, 0.15) is 6.04 Å². The molecule has 1 unspecified atom stereocenters. The predicted molar refractivity (Wildman–Crippen MR) is 68.9 cm³/mol. The first-order valence-electron chi connectivity index (χ1n) is 6.01. The minimum atomic E-state index is -0.376. The van der Waals surface area contributed by atoms with Crippen molar-refractivity contribution in [3.05, 3.63) is 16.6 Å². The topological polar surface area (TPSA) is 62.3 Å². The third-order valence-corrected chi connectivity index (χ3v) is 3.58. The molecule has 1 aromatic rings. The fourth-order valence-electron chi connectivity index (χ4n) is 2.05. The fraction of sp³-hybridized carbons (Fsp3) is 0.583. The van der Waals surface area contributed by atoms with Gasteiger partial charge >= 0.3 is 0 Å². The zero-order valence-corrected chi connectivity index (χ0v) is 11.4. The average Bonchev–Trinajstić information content (AvgIpc) is 2.77. The molecule has 1 fully saturated rings. The van der Waals surface area contributed by atoms with E-state index in [1.807, 2.05) is 13.8 Å². The van der Waals surface area contributed by atoms with E-state index in [1.165, 1.54) is 11.3 Å². The van der Waals surface area contributed by atoms with E-state index in [0.717, 1.165) is 4.88 Å². The smallest absolute Gasteiger partial charge is 0.245 e. The SMILES string of the molecule is CC(C)CC1NC(=O)CN(Cc2cncs2)C1=O. The quantitative estimate of drug-likeness (QED) is 0.886. The number of hydrogen-bond donors (Lipinski definition) is 1. The Labute approximate surface area is 110 Å². The van der Waals surface area contributed by atoms with E-state index in [4.69, 9.17) is 0 Å². The largest absolute Gasteiger partial charge is 0.343 e. The Hall–Kier alpha value is -1.43. The van der Waals surface area contributed by atoms with Gasteiger partial charge in [-0.05, 0) is 12.3 Å². The molecule has 1 aromatic heterocycles. The molecule has 1 aliphatic rings. The number of piperazine rings is 1. The molecule has 1 atom stereocenters. The maximum Gasteiger partial charge on any atom is 0.245 e. The molecule has 1 aliphatic heterocycles. The Morgan fingerprint density at radius 1 is 1.56 bits per heavy atom. The lowest BCUT2D eigenvalue weighted by molar-refractivity contribution is -0.145. The molecule has 2 amide bonds. The maximum atomic E-state index is 12.2. The molecule has 6 heteroatoms. The van der Waals surface area contributed by atoms with Crippen LogP contribution in [0.4, 0.5) is 0 Å². The highest BCUT2D eigenvalue weighted by atomic mass is 32.1. The van der Waals surface area contributed by atoms with Crippen molar-refractivity contribution in [1.29, 1.82) is 0 Å². The molecule has 0 bridgehead atoms. The highest BCUT2D eigenvalue weighted by molar-refractivity contribution is 7.09. The van der Waals surface area contributed by atoms with Gasteiger partial charge in [-0.25, -0.2) is 0 Å². The van der Waals surface area contributed by atoms with Gasteiger partial charge in [0, 0.05) is 11.1 Å². The molecule has 1 N–H and O–H groups in total. The van der Waals surface area contributed by atoms with E-state index in [2.05, 4.69) is 10.3 Å². The summed E-state index contributed by atoms with van der Waals surface area (Å²) in [7, 11) is 0. The van der Waals surface area contributed by atoms with E-state index >= 15 is 0 Å². The second-order valence-corrected chi connectivity index (χ2v) is 5.88. The van der Waals surface area contributed by atoms with Gasteiger partial charge in [-0.3, -0.25) is 14.6 Å². The maximum absolute atomic E-state index is 12.2. The third kappa shape index (κ3) is 3.07. The summed E-state index contributed by atoms with van der Waals surface area (Å²) in [6.45, 7) is 4.71. The van der Waals surface area contributed by atoms with Gasteiger partial charge in [0.25, 0.3) is 0 Å². The Morgan fingerprint density at radius 3 is 2.94 bits per heavy atom. The summed E-state index contributed by atoms with van der Waals surface area (Å²) < 4.78 is 0. The summed E-state index contributed by atoms with van der Waals surface area (Å²) in [5.41, 5.74) is 1.73. The Kier molecular flexibility index (Phi) is 3.96. The molecule has 18 heavy (non-hydrogen) atoms. The molecule has 0 spiro atoms. The number of nitrogens with zero attached hydrogens (tertiary/aromatic N) is 2. The van der Waals surface area contributed by atoms with Gasteiger partial charge in [0.15, 0.2) is 0 Å². The van der Waals surface area contributed by atoms with Crippen molar-refractivity contribution in [3.8, 4) is 0 Å². The number of carbonyl (C=O) groups excluding carboxylic acids is 2. The molecule has 2 heterocycles. The number of nitrogens with one attached hydrogen (secondary N) is 1. The zero-order chi connectivity index (χ0) is 13.1.